The van der Waals surface area contributed by atoms with Gasteiger partial charge >= 0.3 is 0 Å². The molecule has 3 aromatic rings. The molecule has 24 heavy (non-hydrogen) atoms. The first-order valence-corrected chi connectivity index (χ1v) is 7.47. The lowest BCUT2D eigenvalue weighted by molar-refractivity contribution is -0.127. The van der Waals surface area contributed by atoms with Crippen LogP contribution in [-0.2, 0) is 4.79 Å². The van der Waals surface area contributed by atoms with E-state index in [2.05, 4.69) is 20.5 Å². The fourth-order valence-electron chi connectivity index (χ4n) is 2.13. The van der Waals surface area contributed by atoms with Crippen LogP contribution in [0.15, 0.2) is 66.2 Å². The standard InChI is InChI=1S/C18H16N4O2/c1-13(18(23)22-21-12-14-5-3-9-19-11-14)24-16-8-2-6-15-7-4-10-20-17(15)16/h2-13H,1H3,(H,22,23)/b21-12+. The molecule has 0 fully saturated rings. The van der Waals surface area contributed by atoms with Crippen molar-refractivity contribution in [3.8, 4) is 5.75 Å². The third-order valence-electron chi connectivity index (χ3n) is 3.34. The Morgan fingerprint density at radius 3 is 2.88 bits per heavy atom. The van der Waals surface area contributed by atoms with E-state index in [-0.39, 0.29) is 5.91 Å². The molecule has 2 heterocycles. The Bertz CT molecular complexity index is 860. The van der Waals surface area contributed by atoms with Gasteiger partial charge in [-0.05, 0) is 25.1 Å². The highest BCUT2D eigenvalue weighted by molar-refractivity contribution is 5.86. The Labute approximate surface area is 139 Å². The number of amides is 1. The van der Waals surface area contributed by atoms with Crippen LogP contribution >= 0.6 is 0 Å². The molecular formula is C18H16N4O2. The number of para-hydroxylation sites is 1. The van der Waals surface area contributed by atoms with Crippen LogP contribution in [0.4, 0.5) is 0 Å². The molecule has 1 N–H and O–H groups in total. The van der Waals surface area contributed by atoms with E-state index in [9.17, 15) is 4.79 Å². The number of benzene rings is 1. The van der Waals surface area contributed by atoms with Crippen LogP contribution in [0.1, 0.15) is 12.5 Å². The van der Waals surface area contributed by atoms with Crippen LogP contribution < -0.4 is 10.2 Å². The summed E-state index contributed by atoms with van der Waals surface area (Å²) in [5.74, 6) is 0.218. The molecule has 6 heteroatoms. The van der Waals surface area contributed by atoms with Crippen molar-refractivity contribution < 1.29 is 9.53 Å². The van der Waals surface area contributed by atoms with E-state index < -0.39 is 6.10 Å². The first kappa shape index (κ1) is 15.6. The van der Waals surface area contributed by atoms with E-state index in [0.29, 0.717) is 5.75 Å². The number of hydrogen-bond donors (Lipinski definition) is 1. The highest BCUT2D eigenvalue weighted by atomic mass is 16.5. The monoisotopic (exact) mass is 320 g/mol. The Morgan fingerprint density at radius 1 is 1.21 bits per heavy atom. The first-order chi connectivity index (χ1) is 11.7. The summed E-state index contributed by atoms with van der Waals surface area (Å²) in [7, 11) is 0. The smallest absolute Gasteiger partial charge is 0.280 e. The number of hydrazone groups is 1. The van der Waals surface area contributed by atoms with E-state index in [4.69, 9.17) is 4.74 Å². The Kier molecular flexibility index (Phi) is 4.76. The number of carbonyl (C=O) groups excluding carboxylic acids is 1. The third-order valence-corrected chi connectivity index (χ3v) is 3.34. The molecule has 0 radical (unpaired) electrons. The van der Waals surface area contributed by atoms with Gasteiger partial charge in [0.25, 0.3) is 5.91 Å². The minimum absolute atomic E-state index is 0.344. The van der Waals surface area contributed by atoms with Gasteiger partial charge in [-0.15, -0.1) is 0 Å². The molecule has 1 unspecified atom stereocenters. The second-order valence-corrected chi connectivity index (χ2v) is 5.11. The minimum Gasteiger partial charge on any atom is -0.479 e. The number of nitrogens with one attached hydrogen (secondary N) is 1. The normalized spacial score (nSPS) is 12.2. The minimum atomic E-state index is -0.705. The van der Waals surface area contributed by atoms with Crippen molar-refractivity contribution >= 4 is 23.0 Å². The summed E-state index contributed by atoms with van der Waals surface area (Å²) in [6, 6.07) is 13.0. The summed E-state index contributed by atoms with van der Waals surface area (Å²) in [6.07, 6.45) is 5.83. The first-order valence-electron chi connectivity index (χ1n) is 7.47. The summed E-state index contributed by atoms with van der Waals surface area (Å²) in [5.41, 5.74) is 3.97. The molecule has 0 saturated carbocycles. The lowest BCUT2D eigenvalue weighted by Crippen LogP contribution is -2.33. The summed E-state index contributed by atoms with van der Waals surface area (Å²) in [6.45, 7) is 1.66. The van der Waals surface area contributed by atoms with E-state index in [0.717, 1.165) is 16.5 Å². The SMILES string of the molecule is CC(Oc1cccc2cccnc12)C(=O)N/N=C/c1cccnc1. The lowest BCUT2D eigenvalue weighted by Gasteiger charge is -2.14. The van der Waals surface area contributed by atoms with Crippen LogP contribution in [0, 0.1) is 0 Å². The number of carbonyl (C=O) groups is 1. The molecule has 0 aliphatic rings. The van der Waals surface area contributed by atoms with Crippen molar-refractivity contribution in [1.82, 2.24) is 15.4 Å². The molecule has 1 aromatic carbocycles. The van der Waals surface area contributed by atoms with Crippen LogP contribution in [0.3, 0.4) is 0 Å². The van der Waals surface area contributed by atoms with Crippen molar-refractivity contribution in [3.05, 3.63) is 66.6 Å². The van der Waals surface area contributed by atoms with Gasteiger partial charge in [-0.2, -0.15) is 5.10 Å². The molecule has 0 bridgehead atoms. The largest absolute Gasteiger partial charge is 0.479 e. The number of pyridine rings is 2. The van der Waals surface area contributed by atoms with Gasteiger partial charge in [0.2, 0.25) is 0 Å². The molecule has 0 aliphatic carbocycles. The van der Waals surface area contributed by atoms with Gasteiger partial charge in [0.1, 0.15) is 11.3 Å². The molecule has 6 nitrogen and oxygen atoms in total. The van der Waals surface area contributed by atoms with Gasteiger partial charge in [-0.25, -0.2) is 5.43 Å². The summed E-state index contributed by atoms with van der Waals surface area (Å²) in [5, 5.41) is 4.86. The molecule has 1 atom stereocenters. The van der Waals surface area contributed by atoms with Crippen molar-refractivity contribution in [2.24, 2.45) is 5.10 Å². The third kappa shape index (κ3) is 3.73. The fraction of sp³-hybridized carbons (Fsp3) is 0.111. The number of rotatable bonds is 5. The van der Waals surface area contributed by atoms with Crippen molar-refractivity contribution in [2.45, 2.75) is 13.0 Å². The molecular weight excluding hydrogens is 304 g/mol. The number of hydrogen-bond acceptors (Lipinski definition) is 5. The van der Waals surface area contributed by atoms with Crippen molar-refractivity contribution in [2.75, 3.05) is 0 Å². The maximum Gasteiger partial charge on any atom is 0.280 e. The summed E-state index contributed by atoms with van der Waals surface area (Å²) < 4.78 is 5.73. The zero-order valence-corrected chi connectivity index (χ0v) is 13.1. The maximum absolute atomic E-state index is 12.1. The average Bonchev–Trinajstić information content (AvgIpc) is 2.63. The second-order valence-electron chi connectivity index (χ2n) is 5.11. The van der Waals surface area contributed by atoms with Gasteiger partial charge in [-0.1, -0.05) is 24.3 Å². The van der Waals surface area contributed by atoms with Crippen LogP contribution in [0.5, 0.6) is 5.75 Å². The van der Waals surface area contributed by atoms with Crippen molar-refractivity contribution in [3.63, 3.8) is 0 Å². The van der Waals surface area contributed by atoms with Gasteiger partial charge < -0.3 is 4.74 Å². The summed E-state index contributed by atoms with van der Waals surface area (Å²) >= 11 is 0. The maximum atomic E-state index is 12.1. The van der Waals surface area contributed by atoms with Gasteiger partial charge in [0, 0.05) is 29.5 Å². The van der Waals surface area contributed by atoms with Crippen LogP contribution in [0.25, 0.3) is 10.9 Å². The Hall–Kier alpha value is -3.28. The second kappa shape index (κ2) is 7.32. The van der Waals surface area contributed by atoms with E-state index in [1.54, 1.807) is 37.6 Å². The van der Waals surface area contributed by atoms with Gasteiger partial charge in [0.05, 0.1) is 6.21 Å². The van der Waals surface area contributed by atoms with Crippen molar-refractivity contribution in [1.29, 1.82) is 0 Å². The van der Waals surface area contributed by atoms with Crippen LogP contribution in [0.2, 0.25) is 0 Å². The van der Waals surface area contributed by atoms with Crippen LogP contribution in [-0.4, -0.2) is 28.2 Å². The zero-order valence-electron chi connectivity index (χ0n) is 13.1. The molecule has 3 rings (SSSR count). The molecule has 0 saturated heterocycles. The summed E-state index contributed by atoms with van der Waals surface area (Å²) in [4.78, 5) is 20.4. The number of ether oxygens (including phenoxy) is 1. The highest BCUT2D eigenvalue weighted by Crippen LogP contribution is 2.23. The molecule has 2 aromatic heterocycles. The highest BCUT2D eigenvalue weighted by Gasteiger charge is 2.15. The predicted octanol–water partition coefficient (Wildman–Crippen LogP) is 2.55. The topological polar surface area (TPSA) is 76.5 Å². The molecule has 0 aliphatic heterocycles. The number of nitrogens with zero attached hydrogens (tertiary/aromatic N) is 3. The lowest BCUT2D eigenvalue weighted by atomic mass is 10.2. The van der Waals surface area contributed by atoms with E-state index in [1.807, 2.05) is 30.3 Å². The molecule has 1 amide bonds. The van der Waals surface area contributed by atoms with Gasteiger partial charge in [0.15, 0.2) is 6.10 Å². The Balaban J connectivity index is 1.64. The average molecular weight is 320 g/mol. The number of fused-ring (bicyclic) bond motifs is 1. The molecule has 0 spiro atoms. The quantitative estimate of drug-likeness (QED) is 0.579. The fourth-order valence-corrected chi connectivity index (χ4v) is 2.13. The molecule has 120 valence electrons. The zero-order chi connectivity index (χ0) is 16.8. The van der Waals surface area contributed by atoms with E-state index in [1.165, 1.54) is 6.21 Å². The number of aromatic nitrogens is 2. The predicted molar refractivity (Wildman–Crippen MR) is 91.8 cm³/mol. The van der Waals surface area contributed by atoms with Gasteiger partial charge in [-0.3, -0.25) is 14.8 Å². The Morgan fingerprint density at radius 2 is 2.04 bits per heavy atom. The van der Waals surface area contributed by atoms with E-state index >= 15 is 0 Å².